The molecular weight excluding hydrogens is 246 g/mol. The normalized spacial score (nSPS) is 12.1. The summed E-state index contributed by atoms with van der Waals surface area (Å²) >= 11 is 1.47. The lowest BCUT2D eigenvalue weighted by molar-refractivity contribution is 0.854. The third kappa shape index (κ3) is 3.10. The lowest BCUT2D eigenvalue weighted by Crippen LogP contribution is -2.09. The highest BCUT2D eigenvalue weighted by Gasteiger charge is 2.07. The summed E-state index contributed by atoms with van der Waals surface area (Å²) in [6, 6.07) is 5.81. The van der Waals surface area contributed by atoms with Gasteiger partial charge in [-0.15, -0.1) is 0 Å². The molecule has 6 heteroatoms. The molecule has 2 aromatic rings. The summed E-state index contributed by atoms with van der Waals surface area (Å²) in [5, 5.41) is 3.97. The number of nitrogen functional groups attached to an aromatic ring is 1. The Balaban J connectivity index is 2.16. The minimum atomic E-state index is 0.136. The second-order valence-corrected chi connectivity index (χ2v) is 4.58. The van der Waals surface area contributed by atoms with Gasteiger partial charge in [0.1, 0.15) is 11.6 Å². The van der Waals surface area contributed by atoms with Gasteiger partial charge in [0, 0.05) is 18.5 Å². The fraction of sp³-hybridized carbons (Fsp3) is 0.250. The average Bonchev–Trinajstić information content (AvgIpc) is 2.39. The van der Waals surface area contributed by atoms with Crippen molar-refractivity contribution in [3.05, 3.63) is 36.2 Å². The number of aromatic nitrogens is 3. The number of nitrogens with one attached hydrogen (secondary N) is 1. The Bertz CT molecular complexity index is 517. The highest BCUT2D eigenvalue weighted by Crippen LogP contribution is 2.20. The molecule has 0 saturated carbocycles. The first-order chi connectivity index (χ1) is 8.69. The van der Waals surface area contributed by atoms with Gasteiger partial charge in [-0.05, 0) is 30.9 Å². The highest BCUT2D eigenvalue weighted by molar-refractivity contribution is 7.98. The quantitative estimate of drug-likeness (QED) is 0.650. The molecule has 2 heterocycles. The summed E-state index contributed by atoms with van der Waals surface area (Å²) in [5.74, 6) is 1.20. The van der Waals surface area contributed by atoms with Gasteiger partial charge in [-0.25, -0.2) is 9.97 Å². The van der Waals surface area contributed by atoms with Gasteiger partial charge >= 0.3 is 0 Å². The Kier molecular flexibility index (Phi) is 3.99. The van der Waals surface area contributed by atoms with E-state index in [9.17, 15) is 0 Å². The fourth-order valence-corrected chi connectivity index (χ4v) is 1.95. The van der Waals surface area contributed by atoms with E-state index in [0.717, 1.165) is 11.4 Å². The number of pyridine rings is 1. The van der Waals surface area contributed by atoms with Crippen LogP contribution in [0.4, 0.5) is 11.6 Å². The zero-order valence-corrected chi connectivity index (χ0v) is 11.1. The van der Waals surface area contributed by atoms with Crippen LogP contribution in [0, 0.1) is 0 Å². The van der Waals surface area contributed by atoms with Gasteiger partial charge in [-0.1, -0.05) is 11.8 Å². The molecule has 2 aromatic heterocycles. The molecule has 0 saturated heterocycles. The SMILES string of the molecule is CSc1nc(N)cc(NC(C)c2ccncc2)n1. The molecule has 0 aliphatic heterocycles. The first kappa shape index (κ1) is 12.6. The van der Waals surface area contributed by atoms with Crippen LogP contribution in [0.3, 0.4) is 0 Å². The van der Waals surface area contributed by atoms with Crippen molar-refractivity contribution in [2.24, 2.45) is 0 Å². The first-order valence-electron chi connectivity index (χ1n) is 5.54. The Hall–Kier alpha value is -1.82. The van der Waals surface area contributed by atoms with Crippen molar-refractivity contribution >= 4 is 23.4 Å². The van der Waals surface area contributed by atoms with Gasteiger partial charge in [0.15, 0.2) is 5.16 Å². The van der Waals surface area contributed by atoms with E-state index in [-0.39, 0.29) is 6.04 Å². The molecular formula is C12H15N5S. The van der Waals surface area contributed by atoms with E-state index in [1.807, 2.05) is 18.4 Å². The van der Waals surface area contributed by atoms with Crippen LogP contribution >= 0.6 is 11.8 Å². The third-order valence-corrected chi connectivity index (χ3v) is 3.03. The summed E-state index contributed by atoms with van der Waals surface area (Å²) in [5.41, 5.74) is 6.88. The van der Waals surface area contributed by atoms with Crippen LogP contribution in [0.25, 0.3) is 0 Å². The minimum Gasteiger partial charge on any atom is -0.383 e. The van der Waals surface area contributed by atoms with E-state index < -0.39 is 0 Å². The van der Waals surface area contributed by atoms with Crippen LogP contribution in [-0.2, 0) is 0 Å². The molecule has 0 amide bonds. The summed E-state index contributed by atoms with van der Waals surface area (Å²) < 4.78 is 0. The molecule has 2 rings (SSSR count). The Labute approximate surface area is 110 Å². The molecule has 94 valence electrons. The largest absolute Gasteiger partial charge is 0.383 e. The number of hydrogen-bond donors (Lipinski definition) is 2. The van der Waals surface area contributed by atoms with Crippen LogP contribution in [0.15, 0.2) is 35.7 Å². The molecule has 18 heavy (non-hydrogen) atoms. The van der Waals surface area contributed by atoms with Gasteiger partial charge in [0.05, 0.1) is 6.04 Å². The summed E-state index contributed by atoms with van der Waals surface area (Å²) in [7, 11) is 0. The second kappa shape index (κ2) is 5.68. The van der Waals surface area contributed by atoms with Crippen LogP contribution in [-0.4, -0.2) is 21.2 Å². The maximum Gasteiger partial charge on any atom is 0.191 e. The molecule has 0 aliphatic carbocycles. The standard InChI is InChI=1S/C12H15N5S/c1-8(9-3-5-14-6-4-9)15-11-7-10(13)16-12(17-11)18-2/h3-8H,1-2H3,(H3,13,15,16,17). The van der Waals surface area contributed by atoms with Gasteiger partial charge in [-0.3, -0.25) is 4.98 Å². The predicted molar refractivity (Wildman–Crippen MR) is 74.5 cm³/mol. The molecule has 0 fully saturated rings. The summed E-state index contributed by atoms with van der Waals surface area (Å²) in [6.45, 7) is 2.06. The topological polar surface area (TPSA) is 76.7 Å². The molecule has 0 aliphatic rings. The fourth-order valence-electron chi connectivity index (χ4n) is 1.57. The number of hydrogen-bond acceptors (Lipinski definition) is 6. The lowest BCUT2D eigenvalue weighted by atomic mass is 10.1. The van der Waals surface area contributed by atoms with E-state index in [1.165, 1.54) is 11.8 Å². The Morgan fingerprint density at radius 1 is 1.28 bits per heavy atom. The predicted octanol–water partition coefficient (Wildman–Crippen LogP) is 2.35. The zero-order chi connectivity index (χ0) is 13.0. The second-order valence-electron chi connectivity index (χ2n) is 3.81. The number of nitrogens with two attached hydrogens (primary N) is 1. The maximum atomic E-state index is 5.73. The van der Waals surface area contributed by atoms with Gasteiger partial charge in [0.25, 0.3) is 0 Å². The summed E-state index contributed by atoms with van der Waals surface area (Å²) in [4.78, 5) is 12.5. The third-order valence-electron chi connectivity index (χ3n) is 2.48. The monoisotopic (exact) mass is 261 g/mol. The van der Waals surface area contributed by atoms with Crippen molar-refractivity contribution in [3.8, 4) is 0 Å². The van der Waals surface area contributed by atoms with Crippen molar-refractivity contribution < 1.29 is 0 Å². The molecule has 0 spiro atoms. The van der Waals surface area contributed by atoms with E-state index in [1.54, 1.807) is 18.5 Å². The smallest absolute Gasteiger partial charge is 0.191 e. The van der Waals surface area contributed by atoms with E-state index in [4.69, 9.17) is 5.73 Å². The van der Waals surface area contributed by atoms with E-state index in [2.05, 4.69) is 27.2 Å². The van der Waals surface area contributed by atoms with Crippen LogP contribution in [0.1, 0.15) is 18.5 Å². The number of nitrogens with zero attached hydrogens (tertiary/aromatic N) is 3. The summed E-state index contributed by atoms with van der Waals surface area (Å²) in [6.07, 6.45) is 5.47. The number of anilines is 2. The van der Waals surface area contributed by atoms with Crippen LogP contribution in [0.5, 0.6) is 0 Å². The van der Waals surface area contributed by atoms with Gasteiger partial charge in [-0.2, -0.15) is 0 Å². The van der Waals surface area contributed by atoms with Gasteiger partial charge < -0.3 is 11.1 Å². The van der Waals surface area contributed by atoms with E-state index >= 15 is 0 Å². The minimum absolute atomic E-state index is 0.136. The van der Waals surface area contributed by atoms with Crippen LogP contribution < -0.4 is 11.1 Å². The lowest BCUT2D eigenvalue weighted by Gasteiger charge is -2.15. The molecule has 5 nitrogen and oxygen atoms in total. The Morgan fingerprint density at radius 2 is 2.00 bits per heavy atom. The maximum absolute atomic E-state index is 5.73. The highest BCUT2D eigenvalue weighted by atomic mass is 32.2. The van der Waals surface area contributed by atoms with Crippen molar-refractivity contribution in [1.82, 2.24) is 15.0 Å². The van der Waals surface area contributed by atoms with Crippen molar-refractivity contribution in [2.75, 3.05) is 17.3 Å². The molecule has 0 bridgehead atoms. The van der Waals surface area contributed by atoms with Crippen LogP contribution in [0.2, 0.25) is 0 Å². The average molecular weight is 261 g/mol. The Morgan fingerprint density at radius 3 is 2.67 bits per heavy atom. The molecule has 0 radical (unpaired) electrons. The van der Waals surface area contributed by atoms with Crippen molar-refractivity contribution in [3.63, 3.8) is 0 Å². The molecule has 1 atom stereocenters. The zero-order valence-electron chi connectivity index (χ0n) is 10.3. The van der Waals surface area contributed by atoms with Gasteiger partial charge in [0.2, 0.25) is 0 Å². The molecule has 3 N–H and O–H groups in total. The van der Waals surface area contributed by atoms with Crippen molar-refractivity contribution in [1.29, 1.82) is 0 Å². The molecule has 0 aromatic carbocycles. The number of rotatable bonds is 4. The number of thioether (sulfide) groups is 1. The molecule has 1 unspecified atom stereocenters. The van der Waals surface area contributed by atoms with E-state index in [0.29, 0.717) is 11.0 Å². The van der Waals surface area contributed by atoms with Crippen molar-refractivity contribution in [2.45, 2.75) is 18.1 Å². The first-order valence-corrected chi connectivity index (χ1v) is 6.76.